The van der Waals surface area contributed by atoms with E-state index in [9.17, 15) is 19.2 Å². The lowest BCUT2D eigenvalue weighted by Crippen LogP contribution is -2.61. The maximum atomic E-state index is 11.7. The highest BCUT2D eigenvalue weighted by Gasteiger charge is 2.52. The first-order valence-electron chi connectivity index (χ1n) is 9.22. The van der Waals surface area contributed by atoms with Crippen LogP contribution in [-0.4, -0.2) is 79.7 Å². The molecule has 0 aromatic carbocycles. The molecule has 1 saturated heterocycles. The second-order valence-corrected chi connectivity index (χ2v) is 7.60. The van der Waals surface area contributed by atoms with E-state index in [0.29, 0.717) is 5.75 Å². The Morgan fingerprint density at radius 2 is 1.41 bits per heavy atom. The van der Waals surface area contributed by atoms with Crippen molar-refractivity contribution < 1.29 is 42.9 Å². The number of rotatable bonds is 10. The highest BCUT2D eigenvalue weighted by molar-refractivity contribution is 7.99. The van der Waals surface area contributed by atoms with Crippen molar-refractivity contribution in [3.05, 3.63) is 0 Å². The smallest absolute Gasteiger partial charge is 0.303 e. The van der Waals surface area contributed by atoms with Gasteiger partial charge in [0.1, 0.15) is 18.1 Å². The molecule has 0 spiro atoms. The molecule has 10 nitrogen and oxygen atoms in total. The van der Waals surface area contributed by atoms with Crippen LogP contribution in [-0.2, 0) is 42.9 Å². The summed E-state index contributed by atoms with van der Waals surface area (Å²) < 4.78 is 27.1. The fraction of sp³-hybridized carbons (Fsp3) is 0.778. The van der Waals surface area contributed by atoms with Crippen LogP contribution in [0, 0.1) is 0 Å². The Morgan fingerprint density at radius 1 is 0.862 bits per heavy atom. The van der Waals surface area contributed by atoms with E-state index < -0.39 is 53.7 Å². The predicted molar refractivity (Wildman–Crippen MR) is 103 cm³/mol. The van der Waals surface area contributed by atoms with Crippen molar-refractivity contribution in [3.63, 3.8) is 0 Å². The van der Waals surface area contributed by atoms with Gasteiger partial charge in [-0.15, -0.1) is 11.8 Å². The molecule has 1 fully saturated rings. The number of carbonyl (C=O) groups excluding carboxylic acids is 4. The summed E-state index contributed by atoms with van der Waals surface area (Å²) in [5, 5.41) is 3.03. The summed E-state index contributed by atoms with van der Waals surface area (Å²) in [4.78, 5) is 46.3. The number of thioether (sulfide) groups is 1. The summed E-state index contributed by atoms with van der Waals surface area (Å²) >= 11 is 1.37. The van der Waals surface area contributed by atoms with Crippen LogP contribution in [0.2, 0.25) is 0 Å². The van der Waals surface area contributed by atoms with Crippen molar-refractivity contribution in [2.75, 3.05) is 26.0 Å². The third-order valence-electron chi connectivity index (χ3n) is 3.80. The third kappa shape index (κ3) is 9.01. The molecular formula is C18H29NO9S. The predicted octanol–water partition coefficient (Wildman–Crippen LogP) is 0.412. The molecule has 1 aliphatic heterocycles. The van der Waals surface area contributed by atoms with Crippen molar-refractivity contribution in [2.24, 2.45) is 0 Å². The lowest BCUT2D eigenvalue weighted by Gasteiger charge is -2.44. The summed E-state index contributed by atoms with van der Waals surface area (Å²) in [5.41, 5.74) is -0.715. The average Bonchev–Trinajstić information content (AvgIpc) is 2.60. The Balaban J connectivity index is 3.17. The quantitative estimate of drug-likeness (QED) is 0.291. The Labute approximate surface area is 174 Å². The molecule has 1 aliphatic rings. The normalized spacial score (nSPS) is 26.3. The van der Waals surface area contributed by atoms with Crippen LogP contribution in [0.4, 0.5) is 0 Å². The Morgan fingerprint density at radius 3 is 1.93 bits per heavy atom. The second-order valence-electron chi connectivity index (χ2n) is 6.40. The minimum Gasteiger partial charge on any atom is -0.463 e. The molecule has 11 heteroatoms. The van der Waals surface area contributed by atoms with Crippen LogP contribution in [0.5, 0.6) is 0 Å². The Hall–Kier alpha value is -1.85. The highest BCUT2D eigenvalue weighted by atomic mass is 32.2. The highest BCUT2D eigenvalue weighted by Crippen LogP contribution is 2.34. The summed E-state index contributed by atoms with van der Waals surface area (Å²) in [5.74, 6) is -1.77. The summed E-state index contributed by atoms with van der Waals surface area (Å²) in [6.07, 6.45) is -3.33. The second kappa shape index (κ2) is 12.7. The van der Waals surface area contributed by atoms with Crippen LogP contribution >= 0.6 is 11.8 Å². The third-order valence-corrected chi connectivity index (χ3v) is 5.03. The molecule has 2 unspecified atom stereocenters. The number of hydrogen-bond donors (Lipinski definition) is 1. The van der Waals surface area contributed by atoms with Gasteiger partial charge in [0.05, 0.1) is 0 Å². The van der Waals surface area contributed by atoms with E-state index in [1.807, 2.05) is 7.05 Å². The Kier molecular flexibility index (Phi) is 11.0. The molecule has 0 aromatic rings. The first kappa shape index (κ1) is 25.2. The van der Waals surface area contributed by atoms with Gasteiger partial charge in [0.25, 0.3) is 0 Å². The number of ether oxygens (including phenoxy) is 5. The monoisotopic (exact) mass is 435 g/mol. The summed E-state index contributed by atoms with van der Waals surface area (Å²) in [6, 6.07) is 0. The molecule has 1 rings (SSSR count). The van der Waals surface area contributed by atoms with Gasteiger partial charge >= 0.3 is 23.9 Å². The number of hydrogen-bond acceptors (Lipinski definition) is 11. The Bertz CT molecular complexity index is 586. The molecule has 166 valence electrons. The van der Waals surface area contributed by atoms with Gasteiger partial charge in [0.15, 0.2) is 18.3 Å². The van der Waals surface area contributed by atoms with Crippen LogP contribution < -0.4 is 5.32 Å². The van der Waals surface area contributed by atoms with Gasteiger partial charge in [-0.2, -0.15) is 0 Å². The minimum atomic E-state index is -1.12. The molecule has 0 aliphatic carbocycles. The fourth-order valence-electron chi connectivity index (χ4n) is 2.77. The molecule has 5 atom stereocenters. The SMILES string of the molecule is CNCCCSC1O[C@H](COC(C)=O)[C@@H](OC(C)=O)C(OC(C)=O)[C@H]1OC(C)=O. The molecule has 29 heavy (non-hydrogen) atoms. The molecule has 0 radical (unpaired) electrons. The van der Waals surface area contributed by atoms with E-state index in [2.05, 4.69) is 5.32 Å². The minimum absolute atomic E-state index is 0.217. The van der Waals surface area contributed by atoms with Crippen molar-refractivity contribution in [3.8, 4) is 0 Å². The molecular weight excluding hydrogens is 406 g/mol. The molecule has 0 saturated carbocycles. The van der Waals surface area contributed by atoms with E-state index in [-0.39, 0.29) is 6.61 Å². The number of nitrogens with one attached hydrogen (secondary N) is 1. The molecule has 0 bridgehead atoms. The van der Waals surface area contributed by atoms with Crippen LogP contribution in [0.1, 0.15) is 34.1 Å². The molecule has 0 amide bonds. The van der Waals surface area contributed by atoms with E-state index in [4.69, 9.17) is 23.7 Å². The first-order chi connectivity index (χ1) is 13.6. The van der Waals surface area contributed by atoms with Crippen molar-refractivity contribution in [1.29, 1.82) is 0 Å². The van der Waals surface area contributed by atoms with Crippen molar-refractivity contribution in [1.82, 2.24) is 5.32 Å². The summed E-state index contributed by atoms with van der Waals surface area (Å²) in [6.45, 7) is 5.40. The molecule has 1 heterocycles. The molecule has 1 N–H and O–H groups in total. The topological polar surface area (TPSA) is 126 Å². The van der Waals surface area contributed by atoms with E-state index in [1.54, 1.807) is 0 Å². The van der Waals surface area contributed by atoms with Crippen LogP contribution in [0.3, 0.4) is 0 Å². The van der Waals surface area contributed by atoms with Crippen LogP contribution in [0.25, 0.3) is 0 Å². The lowest BCUT2D eigenvalue weighted by molar-refractivity contribution is -0.237. The van der Waals surface area contributed by atoms with Gasteiger partial charge in [-0.25, -0.2) is 0 Å². The standard InChI is InChI=1S/C18H29NO9S/c1-10(20)24-9-14-15(25-11(2)21)16(26-12(3)22)17(27-13(4)23)18(28-14)29-8-6-7-19-5/h14-19H,6-9H2,1-5H3/t14-,15-,16?,17-,18?/m1/s1. The van der Waals surface area contributed by atoms with Gasteiger partial charge in [0.2, 0.25) is 0 Å². The fourth-order valence-corrected chi connectivity index (χ4v) is 3.94. The van der Waals surface area contributed by atoms with Gasteiger partial charge in [-0.05, 0) is 25.8 Å². The van der Waals surface area contributed by atoms with E-state index in [0.717, 1.165) is 13.0 Å². The number of esters is 4. The van der Waals surface area contributed by atoms with E-state index in [1.165, 1.54) is 39.5 Å². The van der Waals surface area contributed by atoms with Gasteiger partial charge in [0, 0.05) is 27.7 Å². The zero-order valence-corrected chi connectivity index (χ0v) is 18.1. The largest absolute Gasteiger partial charge is 0.463 e. The first-order valence-corrected chi connectivity index (χ1v) is 10.3. The molecule has 0 aromatic heterocycles. The van der Waals surface area contributed by atoms with Crippen LogP contribution in [0.15, 0.2) is 0 Å². The van der Waals surface area contributed by atoms with E-state index >= 15 is 0 Å². The van der Waals surface area contributed by atoms with Gasteiger partial charge in [-0.3, -0.25) is 19.2 Å². The zero-order chi connectivity index (χ0) is 22.0. The van der Waals surface area contributed by atoms with Crippen molar-refractivity contribution >= 4 is 35.6 Å². The average molecular weight is 435 g/mol. The van der Waals surface area contributed by atoms with Gasteiger partial charge in [-0.1, -0.05) is 0 Å². The van der Waals surface area contributed by atoms with Gasteiger partial charge < -0.3 is 29.0 Å². The lowest BCUT2D eigenvalue weighted by atomic mass is 9.99. The maximum absolute atomic E-state index is 11.7. The zero-order valence-electron chi connectivity index (χ0n) is 17.3. The summed E-state index contributed by atoms with van der Waals surface area (Å²) in [7, 11) is 1.83. The maximum Gasteiger partial charge on any atom is 0.303 e. The van der Waals surface area contributed by atoms with Crippen molar-refractivity contribution in [2.45, 2.75) is 64.0 Å². The number of carbonyl (C=O) groups is 4.